The second kappa shape index (κ2) is 4.70. The molecule has 0 N–H and O–H groups in total. The molecule has 0 aliphatic carbocycles. The molecule has 3 aliphatic heterocycles. The highest BCUT2D eigenvalue weighted by Crippen LogP contribution is 2.47. The minimum absolute atomic E-state index is 0.00320. The predicted octanol–water partition coefficient (Wildman–Crippen LogP) is 0.700. The van der Waals surface area contributed by atoms with Gasteiger partial charge in [-0.25, -0.2) is 0 Å². The molecule has 1 aromatic heterocycles. The van der Waals surface area contributed by atoms with Crippen molar-refractivity contribution in [1.29, 1.82) is 0 Å². The molecule has 4 rings (SSSR count). The fourth-order valence-electron chi connectivity index (χ4n) is 2.52. The number of hydrogen-bond donors (Lipinski definition) is 0. The Balaban J connectivity index is 1.94. The first-order valence-electron chi connectivity index (χ1n) is 6.30. The maximum absolute atomic E-state index is 12.8. The van der Waals surface area contributed by atoms with Gasteiger partial charge < -0.3 is 9.80 Å². The summed E-state index contributed by atoms with van der Waals surface area (Å²) in [6, 6.07) is -0.374. The van der Waals surface area contributed by atoms with Crippen molar-refractivity contribution in [1.82, 2.24) is 19.6 Å². The summed E-state index contributed by atoms with van der Waals surface area (Å²) in [7, 11) is 6.63. The van der Waals surface area contributed by atoms with Crippen LogP contribution in [0.5, 0.6) is 0 Å². The van der Waals surface area contributed by atoms with Crippen LogP contribution in [0.15, 0.2) is 12.4 Å². The number of hydrogen-bond acceptors (Lipinski definition) is 5. The molecule has 3 fully saturated rings. The molecule has 0 radical (unpaired) electrons. The Hall–Kier alpha value is -1.15. The Morgan fingerprint density at radius 2 is 2.20 bits per heavy atom. The van der Waals surface area contributed by atoms with Crippen LogP contribution in [-0.4, -0.2) is 55.1 Å². The van der Waals surface area contributed by atoms with Gasteiger partial charge in [0.2, 0.25) is 5.91 Å². The maximum Gasteiger partial charge on any atom is 0.260 e. The molecule has 2 unspecified atom stereocenters. The minimum atomic E-state index is -0.809. The lowest BCUT2D eigenvalue weighted by Gasteiger charge is -2.45. The molecule has 3 saturated heterocycles. The van der Waals surface area contributed by atoms with Crippen molar-refractivity contribution in [2.45, 2.75) is 24.4 Å². The number of aryl methyl sites for hydroxylation is 1. The van der Waals surface area contributed by atoms with Crippen LogP contribution in [0.3, 0.4) is 0 Å². The lowest BCUT2D eigenvalue weighted by molar-refractivity contribution is -0.160. The highest BCUT2D eigenvalue weighted by Gasteiger charge is 2.55. The standard InChI is InChI=1S/C12H16N4O2S2/c1-12-11(18)16(6-8-4-13-14(2)5-8)9(7-19-20-12)10(17)15(12)3/h4-5,9H,6-7H2,1-3H3. The third kappa shape index (κ3) is 1.93. The van der Waals surface area contributed by atoms with Gasteiger partial charge >= 0.3 is 0 Å². The summed E-state index contributed by atoms with van der Waals surface area (Å²) >= 11 is 0. The van der Waals surface area contributed by atoms with Crippen LogP contribution in [0.25, 0.3) is 0 Å². The van der Waals surface area contributed by atoms with Crippen molar-refractivity contribution in [2.24, 2.45) is 7.05 Å². The smallest absolute Gasteiger partial charge is 0.260 e. The predicted molar refractivity (Wildman–Crippen MR) is 78.8 cm³/mol. The van der Waals surface area contributed by atoms with Crippen LogP contribution in [0.2, 0.25) is 0 Å². The average molecular weight is 312 g/mol. The number of amides is 2. The van der Waals surface area contributed by atoms with Gasteiger partial charge in [-0.3, -0.25) is 14.3 Å². The molecular weight excluding hydrogens is 296 g/mol. The molecule has 2 atom stereocenters. The van der Waals surface area contributed by atoms with E-state index in [1.165, 1.54) is 10.8 Å². The van der Waals surface area contributed by atoms with Crippen LogP contribution in [0.4, 0.5) is 0 Å². The second-order valence-corrected chi connectivity index (χ2v) is 7.96. The summed E-state index contributed by atoms with van der Waals surface area (Å²) in [6.45, 7) is 2.26. The van der Waals surface area contributed by atoms with E-state index in [2.05, 4.69) is 5.10 Å². The lowest BCUT2D eigenvalue weighted by Crippen LogP contribution is -2.66. The zero-order chi connectivity index (χ0) is 14.5. The van der Waals surface area contributed by atoms with Crippen molar-refractivity contribution in [2.75, 3.05) is 12.8 Å². The van der Waals surface area contributed by atoms with E-state index in [4.69, 9.17) is 0 Å². The molecule has 6 nitrogen and oxygen atoms in total. The SMILES string of the molecule is CN1C(=O)C2CSSC1(C)C(=O)N2Cc1cnn(C)c1. The Morgan fingerprint density at radius 3 is 2.85 bits per heavy atom. The molecule has 0 saturated carbocycles. The Kier molecular flexibility index (Phi) is 3.24. The number of aromatic nitrogens is 2. The van der Waals surface area contributed by atoms with E-state index < -0.39 is 4.87 Å². The van der Waals surface area contributed by atoms with Gasteiger partial charge in [0.1, 0.15) is 6.04 Å². The Morgan fingerprint density at radius 1 is 1.45 bits per heavy atom. The molecule has 0 aromatic carbocycles. The van der Waals surface area contributed by atoms with E-state index in [9.17, 15) is 9.59 Å². The first kappa shape index (κ1) is 13.8. The summed E-state index contributed by atoms with van der Waals surface area (Å²) < 4.78 is 1.70. The molecule has 20 heavy (non-hydrogen) atoms. The van der Waals surface area contributed by atoms with Gasteiger partial charge in [0.05, 0.1) is 6.20 Å². The third-order valence-electron chi connectivity index (χ3n) is 3.85. The normalized spacial score (nSPS) is 30.1. The zero-order valence-corrected chi connectivity index (χ0v) is 13.2. The summed E-state index contributed by atoms with van der Waals surface area (Å²) in [5, 5.41) is 4.12. The van der Waals surface area contributed by atoms with Gasteiger partial charge in [-0.1, -0.05) is 21.6 Å². The Labute approximate surface area is 125 Å². The Bertz CT molecular complexity index is 576. The second-order valence-electron chi connectivity index (χ2n) is 5.22. The maximum atomic E-state index is 12.8. The lowest BCUT2D eigenvalue weighted by atomic mass is 10.1. The summed E-state index contributed by atoms with van der Waals surface area (Å²) in [5.41, 5.74) is 0.947. The van der Waals surface area contributed by atoms with Crippen LogP contribution >= 0.6 is 21.6 Å². The van der Waals surface area contributed by atoms with E-state index >= 15 is 0 Å². The first-order chi connectivity index (χ1) is 9.43. The van der Waals surface area contributed by atoms with Crippen LogP contribution < -0.4 is 0 Å². The van der Waals surface area contributed by atoms with E-state index in [-0.39, 0.29) is 17.9 Å². The van der Waals surface area contributed by atoms with E-state index in [1.54, 1.807) is 38.5 Å². The number of nitrogens with zero attached hydrogens (tertiary/aromatic N) is 4. The molecule has 2 amide bonds. The molecule has 2 bridgehead atoms. The van der Waals surface area contributed by atoms with Gasteiger partial charge in [0.15, 0.2) is 4.87 Å². The molecule has 0 spiro atoms. The van der Waals surface area contributed by atoms with Crippen LogP contribution in [0.1, 0.15) is 12.5 Å². The van der Waals surface area contributed by atoms with Crippen molar-refractivity contribution in [3.05, 3.63) is 18.0 Å². The van der Waals surface area contributed by atoms with Crippen LogP contribution in [0, 0.1) is 0 Å². The fraction of sp³-hybridized carbons (Fsp3) is 0.583. The number of piperazine rings is 1. The van der Waals surface area contributed by atoms with E-state index in [0.29, 0.717) is 12.3 Å². The minimum Gasteiger partial charge on any atom is -0.323 e. The average Bonchev–Trinajstić information content (AvgIpc) is 2.73. The first-order valence-corrected chi connectivity index (χ1v) is 8.62. The van der Waals surface area contributed by atoms with Crippen molar-refractivity contribution < 1.29 is 9.59 Å². The zero-order valence-electron chi connectivity index (χ0n) is 11.6. The van der Waals surface area contributed by atoms with E-state index in [0.717, 1.165) is 5.56 Å². The molecule has 3 aliphatic rings. The third-order valence-corrected chi connectivity index (χ3v) is 6.93. The number of likely N-dealkylation sites (N-methyl/N-ethyl adjacent to an activating group) is 1. The van der Waals surface area contributed by atoms with E-state index in [1.807, 2.05) is 20.2 Å². The summed E-state index contributed by atoms with van der Waals surface area (Å²) in [5.74, 6) is 0.659. The monoisotopic (exact) mass is 312 g/mol. The van der Waals surface area contributed by atoms with Crippen molar-refractivity contribution >= 4 is 33.4 Å². The molecule has 108 valence electrons. The summed E-state index contributed by atoms with van der Waals surface area (Å²) in [4.78, 5) is 27.7. The highest BCUT2D eigenvalue weighted by atomic mass is 33.1. The van der Waals surface area contributed by atoms with Gasteiger partial charge in [-0.05, 0) is 6.92 Å². The van der Waals surface area contributed by atoms with Gasteiger partial charge in [-0.15, -0.1) is 0 Å². The van der Waals surface area contributed by atoms with Gasteiger partial charge in [0.25, 0.3) is 5.91 Å². The topological polar surface area (TPSA) is 58.4 Å². The fourth-order valence-corrected chi connectivity index (χ4v) is 5.48. The molecular formula is C12H16N4O2S2. The largest absolute Gasteiger partial charge is 0.323 e. The number of carbonyl (C=O) groups excluding carboxylic acids is 2. The van der Waals surface area contributed by atoms with Gasteiger partial charge in [0, 0.05) is 38.2 Å². The van der Waals surface area contributed by atoms with Crippen molar-refractivity contribution in [3.8, 4) is 0 Å². The number of fused-ring (bicyclic) bond motifs is 4. The van der Waals surface area contributed by atoms with Crippen LogP contribution in [-0.2, 0) is 23.2 Å². The number of carbonyl (C=O) groups is 2. The van der Waals surface area contributed by atoms with Crippen molar-refractivity contribution in [3.63, 3.8) is 0 Å². The van der Waals surface area contributed by atoms with Gasteiger partial charge in [-0.2, -0.15) is 5.10 Å². The summed E-state index contributed by atoms with van der Waals surface area (Å²) in [6.07, 6.45) is 3.62. The molecule has 8 heteroatoms. The molecule has 1 aromatic rings. The quantitative estimate of drug-likeness (QED) is 0.753. The number of rotatable bonds is 2. The highest BCUT2D eigenvalue weighted by molar-refractivity contribution is 8.77. The molecule has 4 heterocycles.